The number of hydrogen-bond donors (Lipinski definition) is 2. The normalized spacial score (nSPS) is 18.6. The molecule has 22 heavy (non-hydrogen) atoms. The lowest BCUT2D eigenvalue weighted by Gasteiger charge is -2.21. The number of nitrogens with two attached hydrogens (primary N) is 1. The van der Waals surface area contributed by atoms with Gasteiger partial charge in [-0.2, -0.15) is 0 Å². The quantitative estimate of drug-likeness (QED) is 0.853. The molecule has 1 heterocycles. The van der Waals surface area contributed by atoms with Crippen molar-refractivity contribution < 1.29 is 9.59 Å². The van der Waals surface area contributed by atoms with Gasteiger partial charge in [0.25, 0.3) is 5.91 Å². The van der Waals surface area contributed by atoms with Gasteiger partial charge in [0.1, 0.15) is 5.54 Å². The molecule has 5 nitrogen and oxygen atoms in total. The van der Waals surface area contributed by atoms with Gasteiger partial charge in [-0.25, -0.2) is 4.79 Å². The number of carbonyl (C=O) groups excluding carboxylic acids is 2. The summed E-state index contributed by atoms with van der Waals surface area (Å²) in [6.07, 6.45) is 0. The highest BCUT2D eigenvalue weighted by Crippen LogP contribution is 2.25. The lowest BCUT2D eigenvalue weighted by atomic mass is 9.98. The van der Waals surface area contributed by atoms with Gasteiger partial charge in [-0.3, -0.25) is 9.69 Å². The molecule has 1 saturated heterocycles. The minimum Gasteiger partial charge on any atom is -0.324 e. The van der Waals surface area contributed by atoms with Crippen LogP contribution in [0.4, 0.5) is 4.79 Å². The van der Waals surface area contributed by atoms with E-state index in [9.17, 15) is 9.59 Å². The predicted molar refractivity (Wildman–Crippen MR) is 85.2 cm³/mol. The van der Waals surface area contributed by atoms with Gasteiger partial charge in [-0.15, -0.1) is 0 Å². The highest BCUT2D eigenvalue weighted by atomic mass is 16.2. The van der Waals surface area contributed by atoms with E-state index in [0.29, 0.717) is 0 Å². The van der Waals surface area contributed by atoms with Crippen LogP contribution < -0.4 is 11.1 Å². The van der Waals surface area contributed by atoms with Gasteiger partial charge in [0.15, 0.2) is 0 Å². The van der Waals surface area contributed by atoms with Crippen molar-refractivity contribution in [2.75, 3.05) is 6.54 Å². The van der Waals surface area contributed by atoms with Crippen LogP contribution in [0.3, 0.4) is 0 Å². The van der Waals surface area contributed by atoms with E-state index in [-0.39, 0.29) is 18.5 Å². The molecule has 3 N–H and O–H groups in total. The van der Waals surface area contributed by atoms with E-state index in [2.05, 4.69) is 5.32 Å². The molecular formula is C17H19N3O2. The number of urea groups is 1. The molecule has 0 aromatic heterocycles. The summed E-state index contributed by atoms with van der Waals surface area (Å²) in [4.78, 5) is 25.4. The first-order valence-corrected chi connectivity index (χ1v) is 7.27. The average molecular weight is 297 g/mol. The third kappa shape index (κ3) is 2.33. The number of fused-ring (bicyclic) bond motifs is 1. The van der Waals surface area contributed by atoms with E-state index in [1.807, 2.05) is 42.5 Å². The standard InChI is InChI=1S/C17H19N3O2/c1-17(2)15(21)20(16(22)19-17)10-14(18)13-9-5-7-11-6-3-4-8-12(11)13/h3-9,14H,10,18H2,1-2H3,(H,19,22). The van der Waals surface area contributed by atoms with Crippen LogP contribution in [0.5, 0.6) is 0 Å². The van der Waals surface area contributed by atoms with E-state index in [1.54, 1.807) is 13.8 Å². The van der Waals surface area contributed by atoms with E-state index in [0.717, 1.165) is 16.3 Å². The van der Waals surface area contributed by atoms with Gasteiger partial charge in [-0.05, 0) is 30.2 Å². The molecule has 3 rings (SSSR count). The summed E-state index contributed by atoms with van der Waals surface area (Å²) < 4.78 is 0. The first kappa shape index (κ1) is 14.5. The Morgan fingerprint density at radius 3 is 2.50 bits per heavy atom. The van der Waals surface area contributed by atoms with Crippen molar-refractivity contribution in [2.24, 2.45) is 5.73 Å². The number of nitrogens with zero attached hydrogens (tertiary/aromatic N) is 1. The summed E-state index contributed by atoms with van der Waals surface area (Å²) in [5.41, 5.74) is 6.35. The van der Waals surface area contributed by atoms with E-state index < -0.39 is 11.6 Å². The second kappa shape index (κ2) is 5.10. The van der Waals surface area contributed by atoms with E-state index in [4.69, 9.17) is 5.73 Å². The first-order chi connectivity index (χ1) is 10.4. The number of imide groups is 1. The van der Waals surface area contributed by atoms with Crippen LogP contribution in [0.2, 0.25) is 0 Å². The molecule has 0 radical (unpaired) electrons. The maximum absolute atomic E-state index is 12.3. The summed E-state index contributed by atoms with van der Waals surface area (Å²) in [7, 11) is 0. The Bertz CT molecular complexity index is 749. The van der Waals surface area contributed by atoms with Crippen LogP contribution in [0.15, 0.2) is 42.5 Å². The summed E-state index contributed by atoms with van der Waals surface area (Å²) in [5.74, 6) is -0.242. The zero-order chi connectivity index (χ0) is 15.9. The molecule has 1 fully saturated rings. The molecule has 5 heteroatoms. The molecule has 2 aromatic rings. The minimum absolute atomic E-state index is 0.169. The van der Waals surface area contributed by atoms with Gasteiger partial charge in [-0.1, -0.05) is 42.5 Å². The maximum Gasteiger partial charge on any atom is 0.325 e. The first-order valence-electron chi connectivity index (χ1n) is 7.27. The monoisotopic (exact) mass is 297 g/mol. The fourth-order valence-corrected chi connectivity index (χ4v) is 2.85. The van der Waals surface area contributed by atoms with Crippen molar-refractivity contribution in [1.82, 2.24) is 10.2 Å². The van der Waals surface area contributed by atoms with Gasteiger partial charge in [0.05, 0.1) is 0 Å². The number of benzene rings is 2. The molecule has 1 atom stereocenters. The molecule has 1 aliphatic rings. The number of nitrogens with one attached hydrogen (secondary N) is 1. The Balaban J connectivity index is 1.90. The Morgan fingerprint density at radius 1 is 1.14 bits per heavy atom. The van der Waals surface area contributed by atoms with Gasteiger partial charge < -0.3 is 11.1 Å². The Hall–Kier alpha value is -2.40. The fourth-order valence-electron chi connectivity index (χ4n) is 2.85. The molecule has 3 amide bonds. The molecule has 0 saturated carbocycles. The molecular weight excluding hydrogens is 278 g/mol. The lowest BCUT2D eigenvalue weighted by molar-refractivity contribution is -0.130. The molecule has 114 valence electrons. The molecule has 0 aliphatic carbocycles. The van der Waals surface area contributed by atoms with Gasteiger partial charge in [0, 0.05) is 12.6 Å². The topological polar surface area (TPSA) is 75.4 Å². The zero-order valence-corrected chi connectivity index (χ0v) is 12.7. The number of hydrogen-bond acceptors (Lipinski definition) is 3. The van der Waals surface area contributed by atoms with Gasteiger partial charge >= 0.3 is 6.03 Å². The number of rotatable bonds is 3. The van der Waals surface area contributed by atoms with Crippen LogP contribution in [-0.2, 0) is 4.79 Å². The van der Waals surface area contributed by atoms with Crippen molar-refractivity contribution in [3.8, 4) is 0 Å². The number of carbonyl (C=O) groups is 2. The average Bonchev–Trinajstić information content (AvgIpc) is 2.68. The number of amides is 3. The molecule has 0 spiro atoms. The Kier molecular flexibility index (Phi) is 3.37. The largest absolute Gasteiger partial charge is 0.325 e. The summed E-state index contributed by atoms with van der Waals surface area (Å²) in [6.45, 7) is 3.55. The van der Waals surface area contributed by atoms with E-state index in [1.165, 1.54) is 4.90 Å². The van der Waals surface area contributed by atoms with Crippen molar-refractivity contribution in [3.05, 3.63) is 48.0 Å². The smallest absolute Gasteiger partial charge is 0.324 e. The maximum atomic E-state index is 12.3. The van der Waals surface area contributed by atoms with Crippen molar-refractivity contribution in [3.63, 3.8) is 0 Å². The second-order valence-electron chi connectivity index (χ2n) is 6.15. The summed E-state index contributed by atoms with van der Waals surface area (Å²) in [5, 5.41) is 4.80. The Morgan fingerprint density at radius 2 is 1.82 bits per heavy atom. The van der Waals surface area contributed by atoms with Crippen LogP contribution >= 0.6 is 0 Å². The van der Waals surface area contributed by atoms with Crippen LogP contribution in [-0.4, -0.2) is 28.9 Å². The van der Waals surface area contributed by atoms with Crippen LogP contribution in [0.1, 0.15) is 25.5 Å². The van der Waals surface area contributed by atoms with Gasteiger partial charge in [0.2, 0.25) is 0 Å². The summed E-state index contributed by atoms with van der Waals surface area (Å²) in [6, 6.07) is 13.0. The third-order valence-corrected chi connectivity index (χ3v) is 4.05. The van der Waals surface area contributed by atoms with Crippen molar-refractivity contribution >= 4 is 22.7 Å². The SMILES string of the molecule is CC1(C)NC(=O)N(CC(N)c2cccc3ccccc23)C1=O. The summed E-state index contributed by atoms with van der Waals surface area (Å²) >= 11 is 0. The zero-order valence-electron chi connectivity index (χ0n) is 12.7. The molecule has 2 aromatic carbocycles. The van der Waals surface area contributed by atoms with Crippen LogP contribution in [0, 0.1) is 0 Å². The second-order valence-corrected chi connectivity index (χ2v) is 6.15. The minimum atomic E-state index is -0.866. The highest BCUT2D eigenvalue weighted by molar-refractivity contribution is 6.06. The third-order valence-electron chi connectivity index (χ3n) is 4.05. The molecule has 0 bridgehead atoms. The fraction of sp³-hybridized carbons (Fsp3) is 0.294. The van der Waals surface area contributed by atoms with Crippen molar-refractivity contribution in [2.45, 2.75) is 25.4 Å². The molecule has 1 unspecified atom stereocenters. The Labute approximate surface area is 129 Å². The van der Waals surface area contributed by atoms with Crippen LogP contribution in [0.25, 0.3) is 10.8 Å². The van der Waals surface area contributed by atoms with Crippen molar-refractivity contribution in [1.29, 1.82) is 0 Å². The lowest BCUT2D eigenvalue weighted by Crippen LogP contribution is -2.41. The predicted octanol–water partition coefficient (Wildman–Crippen LogP) is 2.17. The molecule has 1 aliphatic heterocycles. The highest BCUT2D eigenvalue weighted by Gasteiger charge is 2.44. The van der Waals surface area contributed by atoms with E-state index >= 15 is 0 Å².